The van der Waals surface area contributed by atoms with E-state index in [9.17, 15) is 26.7 Å². The van der Waals surface area contributed by atoms with Gasteiger partial charge in [-0.2, -0.15) is 10.1 Å². The Hall–Kier alpha value is -2.70. The Morgan fingerprint density at radius 2 is 1.59 bits per heavy atom. The van der Waals surface area contributed by atoms with Gasteiger partial charge in [0.15, 0.2) is 34.8 Å². The molecule has 0 unspecified atom stereocenters. The molecule has 0 atom stereocenters. The fourth-order valence-corrected chi connectivity index (χ4v) is 3.60. The summed E-state index contributed by atoms with van der Waals surface area (Å²) in [5.41, 5.74) is -1.16. The predicted molar refractivity (Wildman–Crippen MR) is 116 cm³/mol. The molecule has 32 heavy (non-hydrogen) atoms. The summed E-state index contributed by atoms with van der Waals surface area (Å²) >= 11 is 2.03. The van der Waals surface area contributed by atoms with Crippen molar-refractivity contribution in [1.82, 2.24) is 0 Å². The number of rotatable bonds is 5. The SMILES string of the molecule is COc1cc(I)cc(/C=C2\C(=O)N(c3c(F)c(F)c(F)c(F)c3F)N=C2C)c1OC(C)C. The molecule has 1 amide bonds. The molecule has 0 radical (unpaired) electrons. The molecular formula is C21H16F5IN2O3. The Kier molecular flexibility index (Phi) is 6.77. The highest BCUT2D eigenvalue weighted by molar-refractivity contribution is 14.1. The lowest BCUT2D eigenvalue weighted by molar-refractivity contribution is -0.114. The largest absolute Gasteiger partial charge is 0.493 e. The molecule has 1 aliphatic heterocycles. The lowest BCUT2D eigenvalue weighted by Gasteiger charge is -2.17. The van der Waals surface area contributed by atoms with Crippen molar-refractivity contribution in [2.45, 2.75) is 26.9 Å². The third-order valence-electron chi connectivity index (χ3n) is 4.38. The van der Waals surface area contributed by atoms with Gasteiger partial charge in [0, 0.05) is 9.13 Å². The molecular weight excluding hydrogens is 550 g/mol. The van der Waals surface area contributed by atoms with E-state index in [1.807, 2.05) is 22.6 Å². The van der Waals surface area contributed by atoms with Crippen LogP contribution in [0.5, 0.6) is 11.5 Å². The molecule has 0 saturated carbocycles. The molecule has 2 aromatic rings. The first-order chi connectivity index (χ1) is 15.0. The number of hydrogen-bond acceptors (Lipinski definition) is 4. The number of hydrogen-bond donors (Lipinski definition) is 0. The molecule has 2 aromatic carbocycles. The van der Waals surface area contributed by atoms with Gasteiger partial charge in [-0.25, -0.2) is 22.0 Å². The van der Waals surface area contributed by atoms with Crippen LogP contribution in [-0.4, -0.2) is 24.8 Å². The van der Waals surface area contributed by atoms with E-state index in [0.717, 1.165) is 3.57 Å². The number of carbonyl (C=O) groups is 1. The second-order valence-electron chi connectivity index (χ2n) is 6.97. The second kappa shape index (κ2) is 9.04. The molecule has 0 N–H and O–H groups in total. The number of hydrazone groups is 1. The molecule has 11 heteroatoms. The first kappa shape index (κ1) is 24.0. The van der Waals surface area contributed by atoms with E-state index in [4.69, 9.17) is 9.47 Å². The summed E-state index contributed by atoms with van der Waals surface area (Å²) in [5, 5.41) is 3.89. The third-order valence-corrected chi connectivity index (χ3v) is 5.01. The first-order valence-corrected chi connectivity index (χ1v) is 10.2. The van der Waals surface area contributed by atoms with Gasteiger partial charge in [0.25, 0.3) is 5.91 Å². The van der Waals surface area contributed by atoms with Crippen molar-refractivity contribution in [2.75, 3.05) is 12.1 Å². The van der Waals surface area contributed by atoms with Crippen molar-refractivity contribution in [1.29, 1.82) is 0 Å². The zero-order valence-electron chi connectivity index (χ0n) is 17.2. The molecule has 170 valence electrons. The number of methoxy groups -OCH3 is 1. The van der Waals surface area contributed by atoms with Gasteiger partial charge < -0.3 is 9.47 Å². The number of amides is 1. The highest BCUT2D eigenvalue weighted by Gasteiger charge is 2.37. The maximum absolute atomic E-state index is 14.2. The molecule has 0 aliphatic carbocycles. The maximum atomic E-state index is 14.2. The van der Waals surface area contributed by atoms with Gasteiger partial charge in [0.2, 0.25) is 5.82 Å². The van der Waals surface area contributed by atoms with Crippen LogP contribution >= 0.6 is 22.6 Å². The summed E-state index contributed by atoms with van der Waals surface area (Å²) in [4.78, 5) is 12.9. The zero-order chi connectivity index (χ0) is 23.9. The number of benzene rings is 2. The van der Waals surface area contributed by atoms with Crippen molar-refractivity contribution in [2.24, 2.45) is 5.10 Å². The molecule has 1 aliphatic rings. The highest BCUT2D eigenvalue weighted by Crippen LogP contribution is 2.38. The summed E-state index contributed by atoms with van der Waals surface area (Å²) < 4.78 is 81.0. The van der Waals surface area contributed by atoms with E-state index in [1.54, 1.807) is 26.0 Å². The Morgan fingerprint density at radius 1 is 1.03 bits per heavy atom. The summed E-state index contributed by atoms with van der Waals surface area (Å²) in [5.74, 6) is -11.4. The minimum atomic E-state index is -2.33. The molecule has 3 rings (SSSR count). The Morgan fingerprint density at radius 3 is 2.12 bits per heavy atom. The van der Waals surface area contributed by atoms with E-state index >= 15 is 0 Å². The smallest absolute Gasteiger partial charge is 0.280 e. The number of nitrogens with zero attached hydrogens (tertiary/aromatic N) is 2. The van der Waals surface area contributed by atoms with Gasteiger partial charge in [0.1, 0.15) is 5.69 Å². The Bertz CT molecular complexity index is 1150. The monoisotopic (exact) mass is 566 g/mol. The van der Waals surface area contributed by atoms with Gasteiger partial charge in [-0.15, -0.1) is 0 Å². The van der Waals surface area contributed by atoms with Crippen LogP contribution in [-0.2, 0) is 4.79 Å². The van der Waals surface area contributed by atoms with Gasteiger partial charge in [-0.3, -0.25) is 4.79 Å². The summed E-state index contributed by atoms with van der Waals surface area (Å²) in [7, 11) is 1.44. The van der Waals surface area contributed by atoms with Crippen LogP contribution in [0.25, 0.3) is 6.08 Å². The second-order valence-corrected chi connectivity index (χ2v) is 8.22. The van der Waals surface area contributed by atoms with E-state index in [1.165, 1.54) is 20.1 Å². The lowest BCUT2D eigenvalue weighted by atomic mass is 10.1. The Balaban J connectivity index is 2.15. The number of carbonyl (C=O) groups excluding carboxylic acids is 1. The van der Waals surface area contributed by atoms with Gasteiger partial charge in [-0.1, -0.05) is 0 Å². The van der Waals surface area contributed by atoms with Crippen LogP contribution in [0.4, 0.5) is 27.6 Å². The van der Waals surface area contributed by atoms with Gasteiger partial charge in [-0.05, 0) is 61.6 Å². The number of anilines is 1. The standard InChI is InChI=1S/C21H16F5IN2O3/c1-8(2)32-20-10(5-11(27)7-13(20)31-4)6-12-9(3)28-29(21(12)30)19-17(25)15(23)14(22)16(24)18(19)26/h5-8H,1-4H3/b12-6-. The molecule has 0 fully saturated rings. The highest BCUT2D eigenvalue weighted by atomic mass is 127. The fraction of sp³-hybridized carbons (Fsp3) is 0.238. The molecule has 1 heterocycles. The van der Waals surface area contributed by atoms with E-state index in [2.05, 4.69) is 5.10 Å². The third kappa shape index (κ3) is 4.17. The van der Waals surface area contributed by atoms with Crippen molar-refractivity contribution >= 4 is 46.0 Å². The Labute approximate surface area is 193 Å². The average molecular weight is 566 g/mol. The van der Waals surface area contributed by atoms with Crippen molar-refractivity contribution < 1.29 is 36.2 Å². The topological polar surface area (TPSA) is 51.1 Å². The van der Waals surface area contributed by atoms with Crippen LogP contribution in [0.1, 0.15) is 26.3 Å². The van der Waals surface area contributed by atoms with Crippen LogP contribution in [0.15, 0.2) is 22.8 Å². The van der Waals surface area contributed by atoms with E-state index in [-0.39, 0.29) is 22.4 Å². The van der Waals surface area contributed by atoms with Gasteiger partial charge >= 0.3 is 0 Å². The van der Waals surface area contributed by atoms with Crippen molar-refractivity contribution in [3.8, 4) is 11.5 Å². The summed E-state index contributed by atoms with van der Waals surface area (Å²) in [6.07, 6.45) is 1.11. The first-order valence-electron chi connectivity index (χ1n) is 9.15. The average Bonchev–Trinajstić information content (AvgIpc) is 3.00. The number of halogens is 6. The molecule has 0 spiro atoms. The quantitative estimate of drug-likeness (QED) is 0.156. The zero-order valence-corrected chi connectivity index (χ0v) is 19.4. The summed E-state index contributed by atoms with van der Waals surface area (Å²) in [6, 6.07) is 3.38. The minimum absolute atomic E-state index is 0.00673. The van der Waals surface area contributed by atoms with Crippen LogP contribution in [0, 0.1) is 32.7 Å². The predicted octanol–water partition coefficient (Wildman–Crippen LogP) is 5.59. The van der Waals surface area contributed by atoms with Crippen LogP contribution in [0.3, 0.4) is 0 Å². The van der Waals surface area contributed by atoms with Crippen molar-refractivity contribution in [3.63, 3.8) is 0 Å². The van der Waals surface area contributed by atoms with E-state index in [0.29, 0.717) is 17.1 Å². The van der Waals surface area contributed by atoms with Crippen LogP contribution in [0.2, 0.25) is 0 Å². The summed E-state index contributed by atoms with van der Waals surface area (Å²) in [6.45, 7) is 4.93. The molecule has 0 bridgehead atoms. The normalized spacial score (nSPS) is 15.1. The molecule has 5 nitrogen and oxygen atoms in total. The van der Waals surface area contributed by atoms with Gasteiger partial charge in [0.05, 0.1) is 24.5 Å². The van der Waals surface area contributed by atoms with Crippen molar-refractivity contribution in [3.05, 3.63) is 55.9 Å². The maximum Gasteiger partial charge on any atom is 0.280 e. The number of ether oxygens (including phenoxy) is 2. The molecule has 0 aromatic heterocycles. The minimum Gasteiger partial charge on any atom is -0.493 e. The van der Waals surface area contributed by atoms with Crippen LogP contribution < -0.4 is 14.5 Å². The lowest BCUT2D eigenvalue weighted by Crippen LogP contribution is -2.25. The fourth-order valence-electron chi connectivity index (χ4n) is 2.98. The molecule has 0 saturated heterocycles. The van der Waals surface area contributed by atoms with E-state index < -0.39 is 40.7 Å².